The van der Waals surface area contributed by atoms with Crippen molar-refractivity contribution < 1.29 is 9.53 Å². The molecule has 1 heterocycles. The molecule has 1 N–H and O–H groups in total. The van der Waals surface area contributed by atoms with Gasteiger partial charge in [-0.25, -0.2) is 0 Å². The summed E-state index contributed by atoms with van der Waals surface area (Å²) < 4.78 is 6.65. The van der Waals surface area contributed by atoms with Gasteiger partial charge in [0.05, 0.1) is 16.9 Å². The molecule has 0 radical (unpaired) electrons. The number of anilines is 1. The number of hydrogen-bond acceptors (Lipinski definition) is 3. The maximum absolute atomic E-state index is 12.3. The average molecular weight is 451 g/mol. The van der Waals surface area contributed by atoms with E-state index in [4.69, 9.17) is 16.3 Å². The van der Waals surface area contributed by atoms with Crippen LogP contribution in [0.15, 0.2) is 67.0 Å². The van der Waals surface area contributed by atoms with Crippen LogP contribution in [0, 0.1) is 3.57 Å². The van der Waals surface area contributed by atoms with E-state index in [1.165, 1.54) is 0 Å². The fraction of sp³-hybridized carbons (Fsp3) is 0. The molecule has 1 aromatic heterocycles. The lowest BCUT2D eigenvalue weighted by Crippen LogP contribution is -2.12. The van der Waals surface area contributed by atoms with Crippen molar-refractivity contribution in [3.8, 4) is 11.5 Å². The number of halogens is 2. The fourth-order valence-corrected chi connectivity index (χ4v) is 2.91. The summed E-state index contributed by atoms with van der Waals surface area (Å²) in [6.45, 7) is 0. The third-order valence-corrected chi connectivity index (χ3v) is 4.15. The van der Waals surface area contributed by atoms with Gasteiger partial charge in [0.1, 0.15) is 11.5 Å². The highest BCUT2D eigenvalue weighted by Crippen LogP contribution is 2.25. The van der Waals surface area contributed by atoms with Gasteiger partial charge in [0.2, 0.25) is 0 Å². The van der Waals surface area contributed by atoms with E-state index in [-0.39, 0.29) is 5.91 Å². The van der Waals surface area contributed by atoms with E-state index in [9.17, 15) is 4.79 Å². The molecule has 0 saturated carbocycles. The molecule has 24 heavy (non-hydrogen) atoms. The van der Waals surface area contributed by atoms with Crippen LogP contribution in [0.2, 0.25) is 5.02 Å². The van der Waals surface area contributed by atoms with Gasteiger partial charge in [-0.1, -0.05) is 11.6 Å². The lowest BCUT2D eigenvalue weighted by molar-refractivity contribution is 0.102. The van der Waals surface area contributed by atoms with Crippen LogP contribution in [0.5, 0.6) is 11.5 Å². The van der Waals surface area contributed by atoms with E-state index in [1.54, 1.807) is 54.9 Å². The highest BCUT2D eigenvalue weighted by atomic mass is 127. The molecule has 0 aliphatic heterocycles. The standard InChI is InChI=1S/C18H12ClIN2O2/c19-16-10-13(20)5-8-17(16)22-18(23)12-3-6-14(7-4-12)24-15-2-1-9-21-11-15/h1-11H,(H,22,23). The van der Waals surface area contributed by atoms with Gasteiger partial charge in [-0.3, -0.25) is 9.78 Å². The number of rotatable bonds is 4. The van der Waals surface area contributed by atoms with Crippen LogP contribution < -0.4 is 10.1 Å². The number of aromatic nitrogens is 1. The number of hydrogen-bond donors (Lipinski definition) is 1. The quantitative estimate of drug-likeness (QED) is 0.543. The zero-order valence-corrected chi connectivity index (χ0v) is 15.3. The molecule has 0 aliphatic rings. The minimum atomic E-state index is -0.231. The highest BCUT2D eigenvalue weighted by Gasteiger charge is 2.09. The number of carbonyl (C=O) groups excluding carboxylic acids is 1. The third kappa shape index (κ3) is 4.24. The SMILES string of the molecule is O=C(Nc1ccc(I)cc1Cl)c1ccc(Oc2cccnc2)cc1. The van der Waals surface area contributed by atoms with E-state index in [1.807, 2.05) is 12.1 Å². The minimum Gasteiger partial charge on any atom is -0.456 e. The molecular formula is C18H12ClIN2O2. The molecule has 0 saturated heterocycles. The van der Waals surface area contributed by atoms with Gasteiger partial charge in [0, 0.05) is 15.3 Å². The molecule has 2 aromatic carbocycles. The number of nitrogens with zero attached hydrogens (tertiary/aromatic N) is 1. The molecule has 0 aliphatic carbocycles. The molecule has 4 nitrogen and oxygen atoms in total. The van der Waals surface area contributed by atoms with Crippen LogP contribution in [-0.4, -0.2) is 10.9 Å². The third-order valence-electron chi connectivity index (χ3n) is 3.17. The first-order chi connectivity index (χ1) is 11.6. The smallest absolute Gasteiger partial charge is 0.255 e. The predicted octanol–water partition coefficient (Wildman–Crippen LogP) is 5.38. The molecule has 3 rings (SSSR count). The van der Waals surface area contributed by atoms with Gasteiger partial charge < -0.3 is 10.1 Å². The molecular weight excluding hydrogens is 439 g/mol. The molecule has 0 atom stereocenters. The van der Waals surface area contributed by atoms with Gasteiger partial charge in [0.25, 0.3) is 5.91 Å². The topological polar surface area (TPSA) is 51.2 Å². The summed E-state index contributed by atoms with van der Waals surface area (Å²) in [6.07, 6.45) is 3.30. The van der Waals surface area contributed by atoms with Gasteiger partial charge in [-0.15, -0.1) is 0 Å². The van der Waals surface area contributed by atoms with Crippen molar-refractivity contribution in [3.05, 3.63) is 81.1 Å². The Kier molecular flexibility index (Phi) is 5.32. The molecule has 0 unspecified atom stereocenters. The second kappa shape index (κ2) is 7.63. The van der Waals surface area contributed by atoms with Crippen LogP contribution >= 0.6 is 34.2 Å². The number of benzene rings is 2. The van der Waals surface area contributed by atoms with E-state index in [0.717, 1.165) is 3.57 Å². The highest BCUT2D eigenvalue weighted by molar-refractivity contribution is 14.1. The van der Waals surface area contributed by atoms with Crippen molar-refractivity contribution in [2.45, 2.75) is 0 Å². The first-order valence-electron chi connectivity index (χ1n) is 7.06. The van der Waals surface area contributed by atoms with Crippen LogP contribution in [-0.2, 0) is 0 Å². The molecule has 0 spiro atoms. The minimum absolute atomic E-state index is 0.231. The van der Waals surface area contributed by atoms with Crippen molar-refractivity contribution in [3.63, 3.8) is 0 Å². The summed E-state index contributed by atoms with van der Waals surface area (Å²) in [7, 11) is 0. The van der Waals surface area contributed by atoms with Crippen molar-refractivity contribution in [1.82, 2.24) is 4.98 Å². The Balaban J connectivity index is 1.69. The molecule has 6 heteroatoms. The maximum atomic E-state index is 12.3. The number of nitrogens with one attached hydrogen (secondary N) is 1. The lowest BCUT2D eigenvalue weighted by Gasteiger charge is -2.09. The van der Waals surface area contributed by atoms with Gasteiger partial charge >= 0.3 is 0 Å². The summed E-state index contributed by atoms with van der Waals surface area (Å²) in [6, 6.07) is 15.9. The largest absolute Gasteiger partial charge is 0.456 e. The van der Waals surface area contributed by atoms with Crippen LogP contribution in [0.3, 0.4) is 0 Å². The van der Waals surface area contributed by atoms with Crippen molar-refractivity contribution in [1.29, 1.82) is 0 Å². The second-order valence-electron chi connectivity index (χ2n) is 4.89. The number of amides is 1. The summed E-state index contributed by atoms with van der Waals surface area (Å²) >= 11 is 8.30. The second-order valence-corrected chi connectivity index (χ2v) is 6.55. The van der Waals surface area contributed by atoms with Crippen molar-refractivity contribution in [2.75, 3.05) is 5.32 Å². The van der Waals surface area contributed by atoms with Crippen LogP contribution in [0.4, 0.5) is 5.69 Å². The summed E-state index contributed by atoms with van der Waals surface area (Å²) in [4.78, 5) is 16.3. The first kappa shape index (κ1) is 16.7. The van der Waals surface area contributed by atoms with E-state index < -0.39 is 0 Å². The van der Waals surface area contributed by atoms with Crippen molar-refractivity contribution >= 4 is 45.8 Å². The van der Waals surface area contributed by atoms with Crippen molar-refractivity contribution in [2.24, 2.45) is 0 Å². The summed E-state index contributed by atoms with van der Waals surface area (Å²) in [5.41, 5.74) is 1.10. The van der Waals surface area contributed by atoms with E-state index in [2.05, 4.69) is 32.9 Å². The van der Waals surface area contributed by atoms with E-state index in [0.29, 0.717) is 27.8 Å². The Hall–Kier alpha value is -2.12. The Bertz CT molecular complexity index is 855. The number of pyridine rings is 1. The molecule has 120 valence electrons. The summed E-state index contributed by atoms with van der Waals surface area (Å²) in [5.74, 6) is 1.04. The van der Waals surface area contributed by atoms with Gasteiger partial charge in [-0.2, -0.15) is 0 Å². The zero-order valence-electron chi connectivity index (χ0n) is 12.4. The number of ether oxygens (including phenoxy) is 1. The van der Waals surface area contributed by atoms with Crippen LogP contribution in [0.1, 0.15) is 10.4 Å². The van der Waals surface area contributed by atoms with E-state index >= 15 is 0 Å². The first-order valence-corrected chi connectivity index (χ1v) is 8.52. The van der Waals surface area contributed by atoms with Gasteiger partial charge in [0.15, 0.2) is 0 Å². The van der Waals surface area contributed by atoms with Crippen LogP contribution in [0.25, 0.3) is 0 Å². The summed E-state index contributed by atoms with van der Waals surface area (Å²) in [5, 5.41) is 3.30. The Morgan fingerprint density at radius 1 is 1.08 bits per heavy atom. The lowest BCUT2D eigenvalue weighted by atomic mass is 10.2. The normalized spacial score (nSPS) is 10.2. The van der Waals surface area contributed by atoms with Gasteiger partial charge in [-0.05, 0) is 77.2 Å². The predicted molar refractivity (Wildman–Crippen MR) is 103 cm³/mol. The molecule has 3 aromatic rings. The zero-order chi connectivity index (χ0) is 16.9. The molecule has 1 amide bonds. The molecule has 0 bridgehead atoms. The number of carbonyl (C=O) groups is 1. The Morgan fingerprint density at radius 2 is 1.88 bits per heavy atom. The average Bonchev–Trinajstić information content (AvgIpc) is 2.59. The molecule has 0 fully saturated rings. The fourth-order valence-electron chi connectivity index (χ4n) is 2.00. The Labute approximate surface area is 158 Å². The maximum Gasteiger partial charge on any atom is 0.255 e. The monoisotopic (exact) mass is 450 g/mol. The Morgan fingerprint density at radius 3 is 2.54 bits per heavy atom.